The van der Waals surface area contributed by atoms with E-state index in [-0.39, 0.29) is 17.3 Å². The van der Waals surface area contributed by atoms with Gasteiger partial charge in [0.05, 0.1) is 16.3 Å². The Kier molecular flexibility index (Phi) is 7.02. The van der Waals surface area contributed by atoms with Crippen molar-refractivity contribution in [2.24, 2.45) is 5.92 Å². The van der Waals surface area contributed by atoms with Gasteiger partial charge in [-0.1, -0.05) is 38.3 Å². The monoisotopic (exact) mass is 312 g/mol. The van der Waals surface area contributed by atoms with Crippen LogP contribution in [0.3, 0.4) is 0 Å². The lowest BCUT2D eigenvalue weighted by atomic mass is 10.1. The van der Waals surface area contributed by atoms with E-state index in [9.17, 15) is 9.59 Å². The van der Waals surface area contributed by atoms with Crippen LogP contribution in [0.15, 0.2) is 18.2 Å². The second-order valence-electron chi connectivity index (χ2n) is 5.27. The smallest absolute Gasteiger partial charge is 0.335 e. The van der Waals surface area contributed by atoms with E-state index < -0.39 is 5.97 Å². The van der Waals surface area contributed by atoms with Crippen LogP contribution in [0, 0.1) is 5.92 Å². The number of carboxylic acid groups (broad SMARTS) is 1. The van der Waals surface area contributed by atoms with Crippen LogP contribution >= 0.6 is 11.6 Å². The van der Waals surface area contributed by atoms with Gasteiger partial charge in [-0.05, 0) is 30.5 Å². The van der Waals surface area contributed by atoms with E-state index in [2.05, 4.69) is 24.5 Å². The van der Waals surface area contributed by atoms with E-state index in [1.165, 1.54) is 18.2 Å². The minimum atomic E-state index is -1.07. The van der Waals surface area contributed by atoms with Crippen LogP contribution in [0.5, 0.6) is 0 Å². The zero-order valence-corrected chi connectivity index (χ0v) is 13.0. The fourth-order valence-corrected chi connectivity index (χ4v) is 1.96. The molecule has 0 spiro atoms. The number of halogens is 1. The largest absolute Gasteiger partial charge is 0.478 e. The molecule has 1 aromatic carbocycles. The minimum Gasteiger partial charge on any atom is -0.478 e. The van der Waals surface area contributed by atoms with Crippen LogP contribution < -0.4 is 10.6 Å². The molecule has 3 N–H and O–H groups in total. The Morgan fingerprint density at radius 2 is 2.00 bits per heavy atom. The average Bonchev–Trinajstić information content (AvgIpc) is 2.40. The quantitative estimate of drug-likeness (QED) is 0.666. The summed E-state index contributed by atoms with van der Waals surface area (Å²) in [5, 5.41) is 14.5. The predicted octanol–water partition coefficient (Wildman–Crippen LogP) is 3.99. The molecule has 0 saturated carbocycles. The zero-order valence-electron chi connectivity index (χ0n) is 12.3. The summed E-state index contributed by atoms with van der Waals surface area (Å²) in [5.74, 6) is -0.403. The Hall–Kier alpha value is -1.75. The van der Waals surface area contributed by atoms with Crippen molar-refractivity contribution in [2.75, 3.05) is 11.9 Å². The maximum Gasteiger partial charge on any atom is 0.335 e. The molecule has 116 valence electrons. The van der Waals surface area contributed by atoms with Crippen molar-refractivity contribution in [1.29, 1.82) is 0 Å². The highest BCUT2D eigenvalue weighted by molar-refractivity contribution is 6.33. The molecule has 1 aromatic rings. The summed E-state index contributed by atoms with van der Waals surface area (Å²) in [4.78, 5) is 22.6. The fraction of sp³-hybridized carbons (Fsp3) is 0.467. The summed E-state index contributed by atoms with van der Waals surface area (Å²) in [7, 11) is 0. The zero-order chi connectivity index (χ0) is 15.8. The van der Waals surface area contributed by atoms with E-state index >= 15 is 0 Å². The molecule has 5 nitrogen and oxygen atoms in total. The van der Waals surface area contributed by atoms with E-state index in [1.54, 1.807) is 0 Å². The number of hydrogen-bond donors (Lipinski definition) is 3. The van der Waals surface area contributed by atoms with E-state index in [0.717, 1.165) is 19.3 Å². The number of carbonyl (C=O) groups is 2. The highest BCUT2D eigenvalue weighted by atomic mass is 35.5. The lowest BCUT2D eigenvalue weighted by Crippen LogP contribution is -2.29. The molecule has 0 aromatic heterocycles. The molecular formula is C15H21ClN2O3. The predicted molar refractivity (Wildman–Crippen MR) is 84.1 cm³/mol. The highest BCUT2D eigenvalue weighted by Crippen LogP contribution is 2.23. The van der Waals surface area contributed by atoms with Crippen molar-refractivity contribution >= 4 is 29.3 Å². The third-order valence-electron chi connectivity index (χ3n) is 2.96. The normalized spacial score (nSPS) is 10.5. The Bertz CT molecular complexity index is 504. The molecule has 0 unspecified atom stereocenters. The van der Waals surface area contributed by atoms with Gasteiger partial charge >= 0.3 is 12.0 Å². The van der Waals surface area contributed by atoms with Gasteiger partial charge in [-0.15, -0.1) is 0 Å². The Morgan fingerprint density at radius 3 is 2.62 bits per heavy atom. The topological polar surface area (TPSA) is 78.4 Å². The number of carbonyl (C=O) groups excluding carboxylic acids is 1. The third kappa shape index (κ3) is 6.49. The first-order valence-electron chi connectivity index (χ1n) is 6.98. The first-order chi connectivity index (χ1) is 9.90. The number of unbranched alkanes of at least 4 members (excludes halogenated alkanes) is 1. The maximum absolute atomic E-state index is 11.7. The average molecular weight is 313 g/mol. The maximum atomic E-state index is 11.7. The molecule has 2 amide bonds. The summed E-state index contributed by atoms with van der Waals surface area (Å²) in [6.07, 6.45) is 3.11. The first kappa shape index (κ1) is 17.3. The van der Waals surface area contributed by atoms with Crippen LogP contribution in [0.25, 0.3) is 0 Å². The van der Waals surface area contributed by atoms with Gasteiger partial charge in [0.15, 0.2) is 0 Å². The molecule has 0 atom stereocenters. The van der Waals surface area contributed by atoms with E-state index in [0.29, 0.717) is 17.5 Å². The SMILES string of the molecule is CC(C)CCCCNC(=O)Nc1cc(C(=O)O)ccc1Cl. The van der Waals surface area contributed by atoms with Crippen LogP contribution in [0.1, 0.15) is 43.5 Å². The second kappa shape index (κ2) is 8.52. The third-order valence-corrected chi connectivity index (χ3v) is 3.28. The molecule has 0 aliphatic heterocycles. The molecule has 0 aliphatic rings. The molecule has 0 bridgehead atoms. The minimum absolute atomic E-state index is 0.0756. The van der Waals surface area contributed by atoms with Crippen molar-refractivity contribution in [3.8, 4) is 0 Å². The first-order valence-corrected chi connectivity index (χ1v) is 7.35. The summed E-state index contributed by atoms with van der Waals surface area (Å²) in [6, 6.07) is 3.79. The second-order valence-corrected chi connectivity index (χ2v) is 5.68. The van der Waals surface area contributed by atoms with Gasteiger partial charge in [-0.25, -0.2) is 9.59 Å². The van der Waals surface area contributed by atoms with Gasteiger partial charge in [0, 0.05) is 6.54 Å². The number of amides is 2. The Balaban J connectivity index is 2.44. The summed E-state index contributed by atoms with van der Waals surface area (Å²) in [5.41, 5.74) is 0.364. The van der Waals surface area contributed by atoms with Gasteiger partial charge in [-0.3, -0.25) is 0 Å². The Morgan fingerprint density at radius 1 is 1.29 bits per heavy atom. The standard InChI is InChI=1S/C15H21ClN2O3/c1-10(2)5-3-4-8-17-15(21)18-13-9-11(14(19)20)6-7-12(13)16/h6-7,9-10H,3-5,8H2,1-2H3,(H,19,20)(H2,17,18,21). The number of carboxylic acids is 1. The molecule has 0 radical (unpaired) electrons. The number of rotatable bonds is 7. The summed E-state index contributed by atoms with van der Waals surface area (Å²) < 4.78 is 0. The molecule has 0 saturated heterocycles. The molecule has 0 fully saturated rings. The van der Waals surface area contributed by atoms with Gasteiger partial charge in [0.1, 0.15) is 0 Å². The molecule has 0 aliphatic carbocycles. The number of anilines is 1. The van der Waals surface area contributed by atoms with Crippen molar-refractivity contribution in [3.63, 3.8) is 0 Å². The van der Waals surface area contributed by atoms with Crippen LogP contribution in [0.4, 0.5) is 10.5 Å². The molecular weight excluding hydrogens is 292 g/mol. The van der Waals surface area contributed by atoms with Gasteiger partial charge in [0.25, 0.3) is 0 Å². The van der Waals surface area contributed by atoms with Gasteiger partial charge < -0.3 is 15.7 Å². The van der Waals surface area contributed by atoms with Crippen LogP contribution in [-0.4, -0.2) is 23.7 Å². The number of urea groups is 1. The van der Waals surface area contributed by atoms with Crippen molar-refractivity contribution in [3.05, 3.63) is 28.8 Å². The van der Waals surface area contributed by atoms with Crippen LogP contribution in [-0.2, 0) is 0 Å². The van der Waals surface area contributed by atoms with Crippen molar-refractivity contribution < 1.29 is 14.7 Å². The fourth-order valence-electron chi connectivity index (χ4n) is 1.80. The number of aromatic carboxylic acids is 1. The number of benzene rings is 1. The molecule has 21 heavy (non-hydrogen) atoms. The lowest BCUT2D eigenvalue weighted by Gasteiger charge is -2.10. The number of hydrogen-bond acceptors (Lipinski definition) is 2. The van der Waals surface area contributed by atoms with Crippen molar-refractivity contribution in [2.45, 2.75) is 33.1 Å². The molecule has 6 heteroatoms. The Labute approximate surface area is 129 Å². The highest BCUT2D eigenvalue weighted by Gasteiger charge is 2.09. The van der Waals surface area contributed by atoms with E-state index in [4.69, 9.17) is 16.7 Å². The van der Waals surface area contributed by atoms with Crippen molar-refractivity contribution in [1.82, 2.24) is 5.32 Å². The molecule has 0 heterocycles. The lowest BCUT2D eigenvalue weighted by molar-refractivity contribution is 0.0697. The van der Waals surface area contributed by atoms with Gasteiger partial charge in [0.2, 0.25) is 0 Å². The summed E-state index contributed by atoms with van der Waals surface area (Å²) in [6.45, 7) is 4.91. The van der Waals surface area contributed by atoms with Gasteiger partial charge in [-0.2, -0.15) is 0 Å². The summed E-state index contributed by atoms with van der Waals surface area (Å²) >= 11 is 5.93. The van der Waals surface area contributed by atoms with E-state index in [1.807, 2.05) is 0 Å². The number of nitrogens with one attached hydrogen (secondary N) is 2. The van der Waals surface area contributed by atoms with Crippen LogP contribution in [0.2, 0.25) is 5.02 Å². The molecule has 1 rings (SSSR count).